The minimum absolute atomic E-state index is 0.0494. The van der Waals surface area contributed by atoms with Gasteiger partial charge in [-0.15, -0.1) is 0 Å². The predicted molar refractivity (Wildman–Crippen MR) is 155 cm³/mol. The van der Waals surface area contributed by atoms with Crippen molar-refractivity contribution in [2.45, 2.75) is 135 Å². The molecule has 0 aliphatic heterocycles. The summed E-state index contributed by atoms with van der Waals surface area (Å²) in [7, 11) is -2.01. The van der Waals surface area contributed by atoms with E-state index in [9.17, 15) is 9.90 Å². The fourth-order valence-electron chi connectivity index (χ4n) is 3.77. The van der Waals surface area contributed by atoms with Crippen LogP contribution in [0.2, 0.25) is 18.1 Å². The first-order valence-electron chi connectivity index (χ1n) is 14.3. The van der Waals surface area contributed by atoms with Gasteiger partial charge in [0.15, 0.2) is 8.32 Å². The van der Waals surface area contributed by atoms with Gasteiger partial charge in [-0.05, 0) is 49.2 Å². The van der Waals surface area contributed by atoms with Crippen molar-refractivity contribution in [3.8, 4) is 0 Å². The first kappa shape index (κ1) is 32.6. The third-order valence-electron chi connectivity index (χ3n) is 7.35. The molecule has 1 aromatic rings. The van der Waals surface area contributed by atoms with Crippen LogP contribution in [0.15, 0.2) is 42.5 Å². The minimum Gasteiger partial charge on any atom is -0.452 e. The van der Waals surface area contributed by atoms with Crippen LogP contribution in [0.1, 0.15) is 115 Å². The fourth-order valence-corrected chi connectivity index (χ4v) is 4.79. The zero-order chi connectivity index (χ0) is 26.9. The highest BCUT2D eigenvalue weighted by Crippen LogP contribution is 2.36. The van der Waals surface area contributed by atoms with Crippen molar-refractivity contribution >= 4 is 14.3 Å². The Kier molecular flexibility index (Phi) is 16.2. The number of aliphatic hydroxyl groups excluding tert-OH is 1. The molecule has 0 spiro atoms. The highest BCUT2D eigenvalue weighted by molar-refractivity contribution is 6.74. The number of carbonyl (C=O) groups is 1. The van der Waals surface area contributed by atoms with Crippen LogP contribution in [0, 0.1) is 0 Å². The summed E-state index contributed by atoms with van der Waals surface area (Å²) in [5.41, 5.74) is 0.485. The lowest BCUT2D eigenvalue weighted by molar-refractivity contribution is -0.0164. The van der Waals surface area contributed by atoms with Crippen LogP contribution in [0.25, 0.3) is 0 Å². The van der Waals surface area contributed by atoms with E-state index in [1.807, 2.05) is 30.4 Å². The van der Waals surface area contributed by atoms with Crippen molar-refractivity contribution in [1.29, 1.82) is 0 Å². The third-order valence-corrected chi connectivity index (χ3v) is 11.9. The molecule has 0 amide bonds. The van der Waals surface area contributed by atoms with Crippen LogP contribution in [0.3, 0.4) is 0 Å². The van der Waals surface area contributed by atoms with Crippen molar-refractivity contribution in [1.82, 2.24) is 0 Å². The number of carbonyl (C=O) groups excluding carboxylic acids is 1. The monoisotopic (exact) mass is 518 g/mol. The highest BCUT2D eigenvalue weighted by atomic mass is 28.4. The SMILES string of the molecule is CCCCCCCCCCCCC/C=C/[C@@H](OC(=O)c1ccccc1)[C@H](O)CO[Si](C)(C)C(C)(C)C. The van der Waals surface area contributed by atoms with E-state index in [-0.39, 0.29) is 11.6 Å². The Morgan fingerprint density at radius 1 is 0.917 bits per heavy atom. The predicted octanol–water partition coefficient (Wildman–Crippen LogP) is 8.85. The molecule has 0 aliphatic rings. The summed E-state index contributed by atoms with van der Waals surface area (Å²) in [5.74, 6) is -0.425. The van der Waals surface area contributed by atoms with Crippen LogP contribution < -0.4 is 0 Å². The topological polar surface area (TPSA) is 55.8 Å². The normalized spacial score (nSPS) is 14.2. The molecular formula is C31H54O4Si. The number of esters is 1. The van der Waals surface area contributed by atoms with E-state index < -0.39 is 26.5 Å². The summed E-state index contributed by atoms with van der Waals surface area (Å²) >= 11 is 0. The molecule has 0 unspecified atom stereocenters. The molecule has 0 heterocycles. The molecule has 1 rings (SSSR count). The maximum absolute atomic E-state index is 12.7. The standard InChI is InChI=1S/C31H54O4Si/c1-7-8-9-10-11-12-13-14-15-16-17-18-22-25-29(35-30(33)27-23-20-19-21-24-27)28(32)26-34-36(5,6)31(2,3)4/h19-25,28-29,32H,7-18,26H2,1-6H3/b25-22+/t28-,29-/m1/s1. The quantitative estimate of drug-likeness (QED) is 0.0860. The molecule has 1 N–H and O–H groups in total. The molecule has 2 atom stereocenters. The lowest BCUT2D eigenvalue weighted by Gasteiger charge is -2.37. The second-order valence-electron chi connectivity index (χ2n) is 11.6. The largest absolute Gasteiger partial charge is 0.452 e. The van der Waals surface area contributed by atoms with E-state index in [2.05, 4.69) is 40.8 Å². The Morgan fingerprint density at radius 3 is 1.97 bits per heavy atom. The van der Waals surface area contributed by atoms with Gasteiger partial charge in [-0.2, -0.15) is 0 Å². The maximum atomic E-state index is 12.7. The lowest BCUT2D eigenvalue weighted by atomic mass is 10.0. The van der Waals surface area contributed by atoms with Gasteiger partial charge in [0.05, 0.1) is 12.2 Å². The van der Waals surface area contributed by atoms with Gasteiger partial charge in [0.1, 0.15) is 12.2 Å². The summed E-state index contributed by atoms with van der Waals surface area (Å²) in [6.45, 7) is 13.3. The first-order chi connectivity index (χ1) is 17.1. The number of allylic oxidation sites excluding steroid dienone is 1. The van der Waals surface area contributed by atoms with Crippen LogP contribution in [0.5, 0.6) is 0 Å². The van der Waals surface area contributed by atoms with Crippen LogP contribution in [0.4, 0.5) is 0 Å². The highest BCUT2D eigenvalue weighted by Gasteiger charge is 2.38. The molecule has 0 aliphatic carbocycles. The second-order valence-corrected chi connectivity index (χ2v) is 16.4. The van der Waals surface area contributed by atoms with Gasteiger partial charge in [-0.3, -0.25) is 0 Å². The smallest absolute Gasteiger partial charge is 0.338 e. The Hall–Kier alpha value is -1.43. The van der Waals surface area contributed by atoms with Gasteiger partial charge in [-0.1, -0.05) is 116 Å². The zero-order valence-electron chi connectivity index (χ0n) is 24.1. The van der Waals surface area contributed by atoms with Crippen LogP contribution >= 0.6 is 0 Å². The van der Waals surface area contributed by atoms with E-state index in [4.69, 9.17) is 9.16 Å². The Morgan fingerprint density at radius 2 is 1.44 bits per heavy atom. The molecule has 0 radical (unpaired) electrons. The molecule has 0 saturated heterocycles. The summed E-state index contributed by atoms with van der Waals surface area (Å²) in [6.07, 6.45) is 17.7. The number of unbranched alkanes of at least 4 members (excludes halogenated alkanes) is 11. The second kappa shape index (κ2) is 17.9. The van der Waals surface area contributed by atoms with Crippen LogP contribution in [-0.4, -0.2) is 38.2 Å². The average Bonchev–Trinajstić information content (AvgIpc) is 2.84. The van der Waals surface area contributed by atoms with Gasteiger partial charge >= 0.3 is 5.97 Å². The number of hydrogen-bond donors (Lipinski definition) is 1. The molecule has 206 valence electrons. The van der Waals surface area contributed by atoms with Gasteiger partial charge in [0.25, 0.3) is 0 Å². The van der Waals surface area contributed by atoms with Crippen molar-refractivity contribution in [2.24, 2.45) is 0 Å². The van der Waals surface area contributed by atoms with E-state index in [1.165, 1.54) is 64.2 Å². The molecule has 0 fully saturated rings. The Labute approximate surface area is 223 Å². The summed E-state index contributed by atoms with van der Waals surface area (Å²) in [5, 5.41) is 10.9. The number of hydrogen-bond acceptors (Lipinski definition) is 4. The lowest BCUT2D eigenvalue weighted by Crippen LogP contribution is -2.44. The number of ether oxygens (including phenoxy) is 1. The summed E-state index contributed by atoms with van der Waals surface area (Å²) in [4.78, 5) is 12.7. The third kappa shape index (κ3) is 13.8. The van der Waals surface area contributed by atoms with E-state index >= 15 is 0 Å². The molecule has 36 heavy (non-hydrogen) atoms. The molecule has 0 aromatic heterocycles. The van der Waals surface area contributed by atoms with Crippen molar-refractivity contribution in [3.63, 3.8) is 0 Å². The minimum atomic E-state index is -2.01. The average molecular weight is 519 g/mol. The molecule has 0 bridgehead atoms. The van der Waals surface area contributed by atoms with Gasteiger partial charge < -0.3 is 14.3 Å². The van der Waals surface area contributed by atoms with Gasteiger partial charge in [0, 0.05) is 0 Å². The summed E-state index contributed by atoms with van der Waals surface area (Å²) in [6, 6.07) is 8.94. The van der Waals surface area contributed by atoms with Gasteiger partial charge in [0.2, 0.25) is 0 Å². The zero-order valence-corrected chi connectivity index (χ0v) is 25.1. The molecule has 0 saturated carbocycles. The molecular weight excluding hydrogens is 464 g/mol. The number of benzene rings is 1. The van der Waals surface area contributed by atoms with Crippen molar-refractivity contribution in [3.05, 3.63) is 48.0 Å². The van der Waals surface area contributed by atoms with Crippen LogP contribution in [-0.2, 0) is 9.16 Å². The van der Waals surface area contributed by atoms with Gasteiger partial charge in [-0.25, -0.2) is 4.79 Å². The fraction of sp³-hybridized carbons (Fsp3) is 0.710. The van der Waals surface area contributed by atoms with E-state index in [1.54, 1.807) is 12.1 Å². The van der Waals surface area contributed by atoms with Crippen molar-refractivity contribution in [2.75, 3.05) is 6.61 Å². The molecule has 1 aromatic carbocycles. The van der Waals surface area contributed by atoms with E-state index in [0.717, 1.165) is 12.8 Å². The number of aliphatic hydroxyl groups is 1. The summed E-state index contributed by atoms with van der Waals surface area (Å²) < 4.78 is 11.9. The van der Waals surface area contributed by atoms with Crippen molar-refractivity contribution < 1.29 is 19.1 Å². The Balaban J connectivity index is 2.49. The van der Waals surface area contributed by atoms with E-state index in [0.29, 0.717) is 5.56 Å². The maximum Gasteiger partial charge on any atom is 0.338 e. The molecule has 4 nitrogen and oxygen atoms in total. The first-order valence-corrected chi connectivity index (χ1v) is 17.2. The Bertz CT molecular complexity index is 724. The molecule has 5 heteroatoms. The number of rotatable bonds is 19.